The van der Waals surface area contributed by atoms with Gasteiger partial charge in [-0.1, -0.05) is 55.8 Å². The molecule has 1 unspecified atom stereocenters. The molecule has 188 valence electrons. The zero-order chi connectivity index (χ0) is 26.5. The van der Waals surface area contributed by atoms with Gasteiger partial charge < -0.3 is 9.84 Å². The van der Waals surface area contributed by atoms with Gasteiger partial charge in [-0.25, -0.2) is 4.98 Å². The molecule has 1 aliphatic rings. The molecule has 0 radical (unpaired) electrons. The zero-order valence-electron chi connectivity index (χ0n) is 20.7. The van der Waals surface area contributed by atoms with Gasteiger partial charge in [0.2, 0.25) is 0 Å². The Kier molecular flexibility index (Phi) is 6.25. The van der Waals surface area contributed by atoms with Crippen molar-refractivity contribution in [1.29, 1.82) is 0 Å². The van der Waals surface area contributed by atoms with Crippen LogP contribution in [0.4, 0.5) is 5.13 Å². The van der Waals surface area contributed by atoms with Crippen molar-refractivity contribution >= 4 is 55.7 Å². The molecule has 1 amide bonds. The number of pyridine rings is 1. The first-order chi connectivity index (χ1) is 17.6. The lowest BCUT2D eigenvalue weighted by Gasteiger charge is -2.22. The van der Waals surface area contributed by atoms with E-state index in [9.17, 15) is 14.7 Å². The van der Waals surface area contributed by atoms with E-state index in [0.717, 1.165) is 15.8 Å². The Balaban J connectivity index is 1.71. The Labute approximate surface area is 223 Å². The first kappa shape index (κ1) is 24.9. The lowest BCUT2D eigenvalue weighted by molar-refractivity contribution is -0.132. The van der Waals surface area contributed by atoms with Crippen LogP contribution in [0, 0.1) is 0 Å². The van der Waals surface area contributed by atoms with Gasteiger partial charge in [0.05, 0.1) is 34.0 Å². The number of ether oxygens (including phenoxy) is 1. The highest BCUT2D eigenvalue weighted by Gasteiger charge is 2.48. The predicted octanol–water partition coefficient (Wildman–Crippen LogP) is 6.28. The Morgan fingerprint density at radius 1 is 1.14 bits per heavy atom. The van der Waals surface area contributed by atoms with Crippen molar-refractivity contribution in [3.05, 3.63) is 88.2 Å². The number of methoxy groups -OCH3 is 1. The van der Waals surface area contributed by atoms with Gasteiger partial charge in [0, 0.05) is 18.0 Å². The van der Waals surface area contributed by atoms with Gasteiger partial charge in [-0.3, -0.25) is 19.5 Å². The van der Waals surface area contributed by atoms with Gasteiger partial charge in [0.25, 0.3) is 5.78 Å². The number of fused-ring (bicyclic) bond motifs is 1. The van der Waals surface area contributed by atoms with Crippen molar-refractivity contribution in [3.8, 4) is 5.75 Å². The third-order valence-corrected chi connectivity index (χ3v) is 7.67. The first-order valence-electron chi connectivity index (χ1n) is 11.6. The average molecular weight is 534 g/mol. The molecule has 4 aromatic rings. The van der Waals surface area contributed by atoms with Crippen molar-refractivity contribution in [2.24, 2.45) is 0 Å². The predicted molar refractivity (Wildman–Crippen MR) is 145 cm³/mol. The number of nitrogens with zero attached hydrogens (tertiary/aromatic N) is 3. The molecular weight excluding hydrogens is 510 g/mol. The highest BCUT2D eigenvalue weighted by Crippen LogP contribution is 2.45. The Hall–Kier alpha value is -3.75. The average Bonchev–Trinajstić information content (AvgIpc) is 3.41. The van der Waals surface area contributed by atoms with E-state index >= 15 is 0 Å². The fraction of sp³-hybridized carbons (Fsp3) is 0.214. The van der Waals surface area contributed by atoms with Crippen LogP contribution in [-0.4, -0.2) is 33.9 Å². The number of carbonyl (C=O) groups excluding carboxylic acids is 2. The smallest absolute Gasteiger partial charge is 0.301 e. The Bertz CT molecular complexity index is 1570. The van der Waals surface area contributed by atoms with E-state index < -0.39 is 23.5 Å². The van der Waals surface area contributed by atoms with E-state index in [1.807, 2.05) is 12.1 Å². The van der Waals surface area contributed by atoms with Crippen LogP contribution in [0.25, 0.3) is 16.0 Å². The highest BCUT2D eigenvalue weighted by molar-refractivity contribution is 7.22. The lowest BCUT2D eigenvalue weighted by atomic mass is 9.87. The summed E-state index contributed by atoms with van der Waals surface area (Å²) in [6.07, 6.45) is 3.16. The van der Waals surface area contributed by atoms with Crippen molar-refractivity contribution in [1.82, 2.24) is 9.97 Å². The minimum Gasteiger partial charge on any atom is -0.507 e. The summed E-state index contributed by atoms with van der Waals surface area (Å²) in [6, 6.07) is 13.2. The summed E-state index contributed by atoms with van der Waals surface area (Å²) in [5.74, 6) is -1.57. The molecule has 2 aromatic carbocycles. The number of carbonyl (C=O) groups is 2. The number of amides is 1. The van der Waals surface area contributed by atoms with E-state index in [1.54, 1.807) is 36.7 Å². The third kappa shape index (κ3) is 4.36. The van der Waals surface area contributed by atoms with Crippen LogP contribution in [0.2, 0.25) is 5.02 Å². The van der Waals surface area contributed by atoms with Gasteiger partial charge in [-0.05, 0) is 52.9 Å². The highest BCUT2D eigenvalue weighted by atomic mass is 35.5. The molecule has 0 aliphatic carbocycles. The molecular formula is C28H24ClN3O4S. The SMILES string of the molecule is COc1ccc(Cl)c(/C(O)=C2\C(=O)C(=O)N(c3nc4ccc(C(C)(C)C)cc4s3)C2c2cccnc2)c1. The number of hydrogen-bond acceptors (Lipinski definition) is 7. The molecule has 9 heteroatoms. The third-order valence-electron chi connectivity index (χ3n) is 6.32. The lowest BCUT2D eigenvalue weighted by Crippen LogP contribution is -2.29. The van der Waals surface area contributed by atoms with Gasteiger partial charge in [0.1, 0.15) is 11.5 Å². The number of Topliss-reactive ketones (excluding diaryl/α,β-unsaturated/α-hetero) is 1. The molecule has 37 heavy (non-hydrogen) atoms. The molecule has 0 bridgehead atoms. The monoisotopic (exact) mass is 533 g/mol. The first-order valence-corrected chi connectivity index (χ1v) is 12.8. The van der Waals surface area contributed by atoms with Gasteiger partial charge in [-0.15, -0.1) is 0 Å². The topological polar surface area (TPSA) is 92.6 Å². The van der Waals surface area contributed by atoms with Gasteiger partial charge in [-0.2, -0.15) is 0 Å². The summed E-state index contributed by atoms with van der Waals surface area (Å²) in [5, 5.41) is 11.9. The standard InChI is InChI=1S/C28H24ClN3O4S/c1-28(2,3)16-7-10-20-21(12-16)37-27(31-20)32-23(15-6-5-11-30-14-15)22(25(34)26(32)35)24(33)18-13-17(36-4)8-9-19(18)29/h5-14,23,33H,1-4H3/b24-22+. The summed E-state index contributed by atoms with van der Waals surface area (Å²) in [6.45, 7) is 6.38. The number of aromatic nitrogens is 2. The number of ketones is 1. The van der Waals surface area contributed by atoms with Crippen LogP contribution in [0.5, 0.6) is 5.75 Å². The Morgan fingerprint density at radius 3 is 2.59 bits per heavy atom. The molecule has 1 atom stereocenters. The molecule has 1 fully saturated rings. The fourth-order valence-electron chi connectivity index (χ4n) is 4.32. The van der Waals surface area contributed by atoms with Crippen LogP contribution < -0.4 is 9.64 Å². The zero-order valence-corrected chi connectivity index (χ0v) is 22.2. The molecule has 2 aromatic heterocycles. The summed E-state index contributed by atoms with van der Waals surface area (Å²) in [7, 11) is 1.49. The number of aliphatic hydroxyl groups is 1. The minimum absolute atomic E-state index is 0.0618. The summed E-state index contributed by atoms with van der Waals surface area (Å²) in [5.41, 5.74) is 2.43. The molecule has 1 saturated heterocycles. The maximum Gasteiger partial charge on any atom is 0.301 e. The Morgan fingerprint density at radius 2 is 1.92 bits per heavy atom. The summed E-state index contributed by atoms with van der Waals surface area (Å²) < 4.78 is 6.16. The number of hydrogen-bond donors (Lipinski definition) is 1. The summed E-state index contributed by atoms with van der Waals surface area (Å²) in [4.78, 5) is 37.1. The second-order valence-electron chi connectivity index (χ2n) is 9.73. The molecule has 1 aliphatic heterocycles. The molecule has 0 saturated carbocycles. The fourth-order valence-corrected chi connectivity index (χ4v) is 5.56. The van der Waals surface area contributed by atoms with Crippen molar-refractivity contribution in [2.75, 3.05) is 12.0 Å². The number of rotatable bonds is 4. The van der Waals surface area contributed by atoms with E-state index in [1.165, 1.54) is 29.4 Å². The van der Waals surface area contributed by atoms with E-state index in [4.69, 9.17) is 21.3 Å². The maximum atomic E-state index is 13.5. The van der Waals surface area contributed by atoms with Crippen LogP contribution in [-0.2, 0) is 15.0 Å². The van der Waals surface area contributed by atoms with Crippen molar-refractivity contribution in [2.45, 2.75) is 32.2 Å². The molecule has 7 nitrogen and oxygen atoms in total. The van der Waals surface area contributed by atoms with Crippen LogP contribution >= 0.6 is 22.9 Å². The quantitative estimate of drug-likeness (QED) is 0.188. The van der Waals surface area contributed by atoms with Crippen LogP contribution in [0.3, 0.4) is 0 Å². The van der Waals surface area contributed by atoms with Crippen molar-refractivity contribution in [3.63, 3.8) is 0 Å². The summed E-state index contributed by atoms with van der Waals surface area (Å²) >= 11 is 7.70. The second-order valence-corrected chi connectivity index (χ2v) is 11.1. The normalized spacial score (nSPS) is 17.5. The van der Waals surface area contributed by atoms with E-state index in [0.29, 0.717) is 16.4 Å². The van der Waals surface area contributed by atoms with Crippen LogP contribution in [0.1, 0.15) is 43.5 Å². The molecule has 1 N–H and O–H groups in total. The minimum atomic E-state index is -0.946. The van der Waals surface area contributed by atoms with E-state index in [2.05, 4.69) is 31.8 Å². The van der Waals surface area contributed by atoms with Crippen molar-refractivity contribution < 1.29 is 19.4 Å². The van der Waals surface area contributed by atoms with Crippen LogP contribution in [0.15, 0.2) is 66.5 Å². The van der Waals surface area contributed by atoms with Gasteiger partial charge in [0.15, 0.2) is 5.13 Å². The largest absolute Gasteiger partial charge is 0.507 e. The number of thiazole rings is 1. The van der Waals surface area contributed by atoms with Gasteiger partial charge >= 0.3 is 5.91 Å². The number of aliphatic hydroxyl groups excluding tert-OH is 1. The van der Waals surface area contributed by atoms with E-state index in [-0.39, 0.29) is 21.6 Å². The molecule has 0 spiro atoms. The maximum absolute atomic E-state index is 13.5. The number of anilines is 1. The second kappa shape index (κ2) is 9.28. The molecule has 5 rings (SSSR count). The number of halogens is 1. The number of benzene rings is 2. The molecule has 3 heterocycles.